The monoisotopic (exact) mass is 317 g/mol. The molecule has 5 heteroatoms. The van der Waals surface area contributed by atoms with Crippen molar-refractivity contribution < 1.29 is 13.9 Å². The van der Waals surface area contributed by atoms with Gasteiger partial charge in [-0.2, -0.15) is 0 Å². The lowest BCUT2D eigenvalue weighted by Crippen LogP contribution is -2.20. The van der Waals surface area contributed by atoms with Gasteiger partial charge < -0.3 is 14.9 Å². The smallest absolute Gasteiger partial charge is 0.339 e. The molecule has 1 aromatic heterocycles. The number of nitrogens with two attached hydrogens (primary N) is 1. The molecular weight excluding hydrogens is 294 g/mol. The van der Waals surface area contributed by atoms with Crippen LogP contribution < -0.4 is 16.1 Å². The average Bonchev–Trinajstić information content (AvgIpc) is 2.51. The lowest BCUT2D eigenvalue weighted by molar-refractivity contribution is -0.119. The molecule has 1 aromatic carbocycles. The van der Waals surface area contributed by atoms with Crippen LogP contribution in [0.2, 0.25) is 0 Å². The molecule has 23 heavy (non-hydrogen) atoms. The second kappa shape index (κ2) is 7.81. The maximum atomic E-state index is 12.2. The fraction of sp³-hybridized carbons (Fsp3) is 0.444. The Bertz CT molecular complexity index is 749. The van der Waals surface area contributed by atoms with E-state index in [9.17, 15) is 9.59 Å². The van der Waals surface area contributed by atoms with Crippen LogP contribution in [-0.2, 0) is 11.2 Å². The SMILES string of the molecule is CCCCCCc1c(C)c2ccc(OCC(N)=O)cc2oc1=O. The maximum absolute atomic E-state index is 12.2. The molecule has 2 aromatic rings. The van der Waals surface area contributed by atoms with Crippen LogP contribution in [-0.4, -0.2) is 12.5 Å². The number of ether oxygens (including phenoxy) is 1. The summed E-state index contributed by atoms with van der Waals surface area (Å²) in [5, 5.41) is 0.890. The molecule has 0 atom stereocenters. The number of hydrogen-bond acceptors (Lipinski definition) is 4. The van der Waals surface area contributed by atoms with Gasteiger partial charge in [-0.3, -0.25) is 4.79 Å². The van der Waals surface area contributed by atoms with E-state index < -0.39 is 5.91 Å². The number of amides is 1. The number of rotatable bonds is 8. The second-order valence-electron chi connectivity index (χ2n) is 5.72. The highest BCUT2D eigenvalue weighted by molar-refractivity contribution is 5.82. The Hall–Kier alpha value is -2.30. The van der Waals surface area contributed by atoms with Gasteiger partial charge >= 0.3 is 5.63 Å². The topological polar surface area (TPSA) is 82.5 Å². The average molecular weight is 317 g/mol. The van der Waals surface area contributed by atoms with Crippen molar-refractivity contribution in [1.82, 2.24) is 0 Å². The Kier molecular flexibility index (Phi) is 5.79. The number of fused-ring (bicyclic) bond motifs is 1. The van der Waals surface area contributed by atoms with Crippen molar-refractivity contribution in [2.24, 2.45) is 5.73 Å². The van der Waals surface area contributed by atoms with Crippen LogP contribution >= 0.6 is 0 Å². The van der Waals surface area contributed by atoms with Gasteiger partial charge in [-0.1, -0.05) is 26.2 Å². The van der Waals surface area contributed by atoms with E-state index in [1.54, 1.807) is 12.1 Å². The van der Waals surface area contributed by atoms with Gasteiger partial charge in [0.1, 0.15) is 11.3 Å². The Labute approximate surface area is 135 Å². The van der Waals surface area contributed by atoms with Crippen molar-refractivity contribution >= 4 is 16.9 Å². The van der Waals surface area contributed by atoms with Crippen molar-refractivity contribution in [3.63, 3.8) is 0 Å². The van der Waals surface area contributed by atoms with E-state index in [-0.39, 0.29) is 12.2 Å². The van der Waals surface area contributed by atoms with Gasteiger partial charge in [0, 0.05) is 17.0 Å². The first-order valence-electron chi connectivity index (χ1n) is 8.00. The first kappa shape index (κ1) is 17.1. The standard InChI is InChI=1S/C18H23NO4/c1-3-4-5-6-7-15-12(2)14-9-8-13(22-11-17(19)20)10-16(14)23-18(15)21/h8-10H,3-7,11H2,1-2H3,(H2,19,20). The van der Waals surface area contributed by atoms with Crippen LogP contribution in [0.3, 0.4) is 0 Å². The number of hydrogen-bond donors (Lipinski definition) is 1. The first-order valence-corrected chi connectivity index (χ1v) is 8.00. The summed E-state index contributed by atoms with van der Waals surface area (Å²) in [6, 6.07) is 5.21. The third kappa shape index (κ3) is 4.34. The lowest BCUT2D eigenvalue weighted by Gasteiger charge is -2.09. The molecule has 5 nitrogen and oxygen atoms in total. The molecule has 0 aliphatic rings. The minimum absolute atomic E-state index is 0.204. The van der Waals surface area contributed by atoms with E-state index in [2.05, 4.69) is 6.92 Å². The third-order valence-electron chi connectivity index (χ3n) is 3.92. The van der Waals surface area contributed by atoms with Crippen molar-refractivity contribution in [2.75, 3.05) is 6.61 Å². The number of aryl methyl sites for hydroxylation is 1. The lowest BCUT2D eigenvalue weighted by atomic mass is 10.0. The van der Waals surface area contributed by atoms with Crippen LogP contribution in [0.4, 0.5) is 0 Å². The summed E-state index contributed by atoms with van der Waals surface area (Å²) in [5.74, 6) is -0.0975. The van der Waals surface area contributed by atoms with Crippen molar-refractivity contribution in [3.8, 4) is 5.75 Å². The van der Waals surface area contributed by atoms with E-state index in [0.29, 0.717) is 11.3 Å². The summed E-state index contributed by atoms with van der Waals surface area (Å²) >= 11 is 0. The summed E-state index contributed by atoms with van der Waals surface area (Å²) in [7, 11) is 0. The zero-order chi connectivity index (χ0) is 16.8. The third-order valence-corrected chi connectivity index (χ3v) is 3.92. The molecule has 1 heterocycles. The molecule has 2 rings (SSSR count). The highest BCUT2D eigenvalue weighted by atomic mass is 16.5. The molecule has 0 saturated heterocycles. The van der Waals surface area contributed by atoms with E-state index >= 15 is 0 Å². The van der Waals surface area contributed by atoms with Gasteiger partial charge in [-0.25, -0.2) is 4.79 Å². The molecule has 124 valence electrons. The molecule has 0 unspecified atom stereocenters. The molecule has 2 N–H and O–H groups in total. The number of carbonyl (C=O) groups excluding carboxylic acids is 1. The van der Waals surface area contributed by atoms with E-state index in [4.69, 9.17) is 14.9 Å². The molecule has 0 fully saturated rings. The summed E-state index contributed by atoms with van der Waals surface area (Å²) in [6.07, 6.45) is 5.19. The minimum atomic E-state index is -0.551. The Balaban J connectivity index is 2.26. The normalized spacial score (nSPS) is 10.9. The summed E-state index contributed by atoms with van der Waals surface area (Å²) in [4.78, 5) is 23.0. The molecule has 0 aliphatic heterocycles. The molecule has 1 amide bonds. The Morgan fingerprint density at radius 3 is 2.74 bits per heavy atom. The molecule has 0 saturated carbocycles. The van der Waals surface area contributed by atoms with Gasteiger partial charge in [-0.05, 0) is 37.5 Å². The summed E-state index contributed by atoms with van der Waals surface area (Å²) in [6.45, 7) is 3.90. The Morgan fingerprint density at radius 1 is 1.26 bits per heavy atom. The molecule has 0 aliphatic carbocycles. The zero-order valence-corrected chi connectivity index (χ0v) is 13.7. The van der Waals surface area contributed by atoms with Crippen molar-refractivity contribution in [1.29, 1.82) is 0 Å². The van der Waals surface area contributed by atoms with Crippen molar-refractivity contribution in [2.45, 2.75) is 46.0 Å². The zero-order valence-electron chi connectivity index (χ0n) is 13.7. The fourth-order valence-electron chi connectivity index (χ4n) is 2.64. The number of benzene rings is 1. The van der Waals surface area contributed by atoms with Crippen LogP contribution in [0.5, 0.6) is 5.75 Å². The summed E-state index contributed by atoms with van der Waals surface area (Å²) in [5.41, 5.74) is 6.93. The molecule has 0 spiro atoms. The fourth-order valence-corrected chi connectivity index (χ4v) is 2.64. The van der Waals surface area contributed by atoms with Crippen LogP contribution in [0.1, 0.15) is 43.7 Å². The van der Waals surface area contributed by atoms with Gasteiger partial charge in [0.2, 0.25) is 0 Å². The van der Waals surface area contributed by atoms with Gasteiger partial charge in [-0.15, -0.1) is 0 Å². The van der Waals surface area contributed by atoms with E-state index in [1.807, 2.05) is 13.0 Å². The largest absolute Gasteiger partial charge is 0.484 e. The van der Waals surface area contributed by atoms with E-state index in [0.717, 1.165) is 35.8 Å². The first-order chi connectivity index (χ1) is 11.0. The van der Waals surface area contributed by atoms with Gasteiger partial charge in [0.25, 0.3) is 5.91 Å². The quantitative estimate of drug-likeness (QED) is 0.599. The highest BCUT2D eigenvalue weighted by Gasteiger charge is 2.12. The van der Waals surface area contributed by atoms with Gasteiger partial charge in [0.15, 0.2) is 6.61 Å². The number of carbonyl (C=O) groups is 1. The molecule has 0 bridgehead atoms. The highest BCUT2D eigenvalue weighted by Crippen LogP contribution is 2.25. The van der Waals surface area contributed by atoms with Crippen LogP contribution in [0, 0.1) is 6.92 Å². The summed E-state index contributed by atoms with van der Waals surface area (Å²) < 4.78 is 10.7. The van der Waals surface area contributed by atoms with E-state index in [1.165, 1.54) is 12.8 Å². The van der Waals surface area contributed by atoms with Gasteiger partial charge in [0.05, 0.1) is 0 Å². The molecule has 0 radical (unpaired) electrons. The minimum Gasteiger partial charge on any atom is -0.484 e. The predicted octanol–water partition coefficient (Wildman–Crippen LogP) is 3.09. The number of primary amides is 1. The second-order valence-corrected chi connectivity index (χ2v) is 5.72. The van der Waals surface area contributed by atoms with Crippen LogP contribution in [0.25, 0.3) is 11.0 Å². The predicted molar refractivity (Wildman–Crippen MR) is 89.8 cm³/mol. The van der Waals surface area contributed by atoms with Crippen molar-refractivity contribution in [3.05, 3.63) is 39.7 Å². The number of unbranched alkanes of at least 4 members (excludes halogenated alkanes) is 3. The van der Waals surface area contributed by atoms with Crippen LogP contribution in [0.15, 0.2) is 27.4 Å². The Morgan fingerprint density at radius 2 is 2.04 bits per heavy atom. The maximum Gasteiger partial charge on any atom is 0.339 e. The molecular formula is C18H23NO4.